The Kier molecular flexibility index (Phi) is 4.85. The van der Waals surface area contributed by atoms with Gasteiger partial charge >= 0.3 is 12.2 Å². The maximum Gasteiger partial charge on any atom is 0.416 e. The summed E-state index contributed by atoms with van der Waals surface area (Å²) < 4.78 is 38.5. The molecule has 1 atom stereocenters. The van der Waals surface area contributed by atoms with Gasteiger partial charge < -0.3 is 10.2 Å². The minimum atomic E-state index is -4.48. The number of rotatable bonds is 2. The second kappa shape index (κ2) is 7.08. The number of urea groups is 1. The number of amides is 2. The van der Waals surface area contributed by atoms with E-state index in [1.165, 1.54) is 17.0 Å². The molecule has 1 aliphatic heterocycles. The summed E-state index contributed by atoms with van der Waals surface area (Å²) in [7, 11) is 0. The van der Waals surface area contributed by atoms with Gasteiger partial charge in [0.15, 0.2) is 0 Å². The van der Waals surface area contributed by atoms with Gasteiger partial charge in [0.2, 0.25) is 0 Å². The molecule has 7 heteroatoms. The van der Waals surface area contributed by atoms with Crippen LogP contribution in [0.15, 0.2) is 48.5 Å². The van der Waals surface area contributed by atoms with Crippen molar-refractivity contribution in [3.63, 3.8) is 0 Å². The Morgan fingerprint density at radius 2 is 2.00 bits per heavy atom. The van der Waals surface area contributed by atoms with Crippen LogP contribution in [0.4, 0.5) is 23.7 Å². The van der Waals surface area contributed by atoms with Gasteiger partial charge in [-0.05, 0) is 35.7 Å². The molecule has 0 fully saturated rings. The highest BCUT2D eigenvalue weighted by Gasteiger charge is 2.32. The molecule has 1 heterocycles. The normalized spacial score (nSPS) is 16.5. The molecule has 0 unspecified atom stereocenters. The molecule has 26 heavy (non-hydrogen) atoms. The second-order valence-electron chi connectivity index (χ2n) is 6.03. The monoisotopic (exact) mass is 359 g/mol. The minimum absolute atomic E-state index is 0.0689. The Balaban J connectivity index is 1.83. The van der Waals surface area contributed by atoms with Gasteiger partial charge in [0, 0.05) is 12.2 Å². The number of nitrogens with one attached hydrogen (secondary N) is 1. The van der Waals surface area contributed by atoms with E-state index in [0.717, 1.165) is 23.3 Å². The van der Waals surface area contributed by atoms with Gasteiger partial charge in [-0.15, -0.1) is 0 Å². The number of carbonyl (C=O) groups excluding carboxylic acids is 1. The molecule has 0 saturated heterocycles. The third kappa shape index (κ3) is 3.64. The molecule has 134 valence electrons. The maximum absolute atomic E-state index is 12.8. The molecule has 0 aromatic heterocycles. The summed E-state index contributed by atoms with van der Waals surface area (Å²) >= 11 is 0. The number of benzene rings is 2. The fourth-order valence-electron chi connectivity index (χ4n) is 3.17. The predicted molar refractivity (Wildman–Crippen MR) is 90.3 cm³/mol. The number of hydrogen-bond acceptors (Lipinski definition) is 2. The van der Waals surface area contributed by atoms with Gasteiger partial charge in [-0.2, -0.15) is 18.4 Å². The van der Waals surface area contributed by atoms with E-state index in [4.69, 9.17) is 5.26 Å². The quantitative estimate of drug-likeness (QED) is 0.841. The van der Waals surface area contributed by atoms with E-state index >= 15 is 0 Å². The van der Waals surface area contributed by atoms with E-state index in [9.17, 15) is 18.0 Å². The van der Waals surface area contributed by atoms with E-state index in [2.05, 4.69) is 11.4 Å². The highest BCUT2D eigenvalue weighted by molar-refractivity contribution is 5.90. The van der Waals surface area contributed by atoms with Gasteiger partial charge in [-0.1, -0.05) is 30.3 Å². The standard InChI is InChI=1S/C19H16F3N3O/c20-19(21,22)14-5-3-6-15(12-14)24-18(26)25-11-9-13-4-1-2-7-16(13)17(25)8-10-23/h1-7,12,17H,8-9,11H2,(H,24,26)/t17-/m1/s1. The lowest BCUT2D eigenvalue weighted by Gasteiger charge is -2.36. The van der Waals surface area contributed by atoms with Crippen LogP contribution in [0, 0.1) is 11.3 Å². The zero-order chi connectivity index (χ0) is 18.7. The summed E-state index contributed by atoms with van der Waals surface area (Å²) in [6.45, 7) is 0.397. The van der Waals surface area contributed by atoms with E-state index in [0.29, 0.717) is 13.0 Å². The molecule has 2 aromatic rings. The van der Waals surface area contributed by atoms with Crippen molar-refractivity contribution >= 4 is 11.7 Å². The molecule has 0 saturated carbocycles. The summed E-state index contributed by atoms with van der Waals surface area (Å²) in [5.41, 5.74) is 1.22. The summed E-state index contributed by atoms with van der Waals surface area (Å²) in [6.07, 6.45) is -3.73. The highest BCUT2D eigenvalue weighted by Crippen LogP contribution is 2.33. The zero-order valence-electron chi connectivity index (χ0n) is 13.8. The fourth-order valence-corrected chi connectivity index (χ4v) is 3.17. The molecule has 0 radical (unpaired) electrons. The van der Waals surface area contributed by atoms with Crippen molar-refractivity contribution in [2.24, 2.45) is 0 Å². The van der Waals surface area contributed by atoms with Crippen molar-refractivity contribution in [3.05, 3.63) is 65.2 Å². The first-order valence-electron chi connectivity index (χ1n) is 8.10. The zero-order valence-corrected chi connectivity index (χ0v) is 13.8. The lowest BCUT2D eigenvalue weighted by Crippen LogP contribution is -2.42. The number of nitriles is 1. The van der Waals surface area contributed by atoms with E-state index in [1.807, 2.05) is 24.3 Å². The van der Waals surface area contributed by atoms with Gasteiger partial charge in [-0.3, -0.25) is 0 Å². The molecular weight excluding hydrogens is 343 g/mol. The third-order valence-corrected chi connectivity index (χ3v) is 4.40. The Labute approximate surface area is 148 Å². The fraction of sp³-hybridized carbons (Fsp3) is 0.263. The molecule has 2 amide bonds. The first-order valence-corrected chi connectivity index (χ1v) is 8.10. The van der Waals surface area contributed by atoms with Crippen molar-refractivity contribution in [1.82, 2.24) is 4.90 Å². The number of halogens is 3. The number of fused-ring (bicyclic) bond motifs is 1. The molecule has 4 nitrogen and oxygen atoms in total. The lowest BCUT2D eigenvalue weighted by molar-refractivity contribution is -0.137. The molecule has 0 spiro atoms. The van der Waals surface area contributed by atoms with Gasteiger partial charge in [0.05, 0.1) is 24.1 Å². The molecule has 2 aromatic carbocycles. The molecule has 1 aliphatic rings. The summed E-state index contributed by atoms with van der Waals surface area (Å²) in [5.74, 6) is 0. The summed E-state index contributed by atoms with van der Waals surface area (Å²) in [6, 6.07) is 13.2. The summed E-state index contributed by atoms with van der Waals surface area (Å²) in [4.78, 5) is 14.2. The van der Waals surface area contributed by atoms with E-state index < -0.39 is 23.8 Å². The minimum Gasteiger partial charge on any atom is -0.316 e. The maximum atomic E-state index is 12.8. The Morgan fingerprint density at radius 1 is 1.23 bits per heavy atom. The van der Waals surface area contributed by atoms with E-state index in [-0.39, 0.29) is 12.1 Å². The van der Waals surface area contributed by atoms with Crippen LogP contribution in [0.2, 0.25) is 0 Å². The van der Waals surface area contributed by atoms with Crippen molar-refractivity contribution in [3.8, 4) is 6.07 Å². The van der Waals surface area contributed by atoms with Crippen molar-refractivity contribution in [1.29, 1.82) is 5.26 Å². The number of hydrogen-bond donors (Lipinski definition) is 1. The van der Waals surface area contributed by atoms with Crippen LogP contribution < -0.4 is 5.32 Å². The van der Waals surface area contributed by atoms with E-state index in [1.54, 1.807) is 0 Å². The highest BCUT2D eigenvalue weighted by atomic mass is 19.4. The molecular formula is C19H16F3N3O. The largest absolute Gasteiger partial charge is 0.416 e. The second-order valence-corrected chi connectivity index (χ2v) is 6.03. The van der Waals surface area contributed by atoms with Crippen molar-refractivity contribution in [2.75, 3.05) is 11.9 Å². The van der Waals surface area contributed by atoms with Crippen LogP contribution in [0.5, 0.6) is 0 Å². The van der Waals surface area contributed by atoms with Crippen LogP contribution in [0.1, 0.15) is 29.2 Å². The van der Waals surface area contributed by atoms with Gasteiger partial charge in [-0.25, -0.2) is 4.79 Å². The Bertz CT molecular complexity index is 858. The topological polar surface area (TPSA) is 56.1 Å². The predicted octanol–water partition coefficient (Wildman–Crippen LogP) is 4.75. The van der Waals surface area contributed by atoms with Crippen molar-refractivity contribution in [2.45, 2.75) is 25.1 Å². The Hall–Kier alpha value is -3.01. The lowest BCUT2D eigenvalue weighted by atomic mass is 9.91. The Morgan fingerprint density at radius 3 is 2.73 bits per heavy atom. The number of nitrogens with zero attached hydrogens (tertiary/aromatic N) is 2. The average molecular weight is 359 g/mol. The number of anilines is 1. The number of alkyl halides is 3. The van der Waals surface area contributed by atoms with Gasteiger partial charge in [0.25, 0.3) is 0 Å². The van der Waals surface area contributed by atoms with Crippen LogP contribution in [-0.4, -0.2) is 17.5 Å². The molecule has 1 N–H and O–H groups in total. The smallest absolute Gasteiger partial charge is 0.316 e. The van der Waals surface area contributed by atoms with Crippen molar-refractivity contribution < 1.29 is 18.0 Å². The average Bonchev–Trinajstić information content (AvgIpc) is 2.61. The van der Waals surface area contributed by atoms with Crippen LogP contribution in [0.3, 0.4) is 0 Å². The number of carbonyl (C=O) groups is 1. The van der Waals surface area contributed by atoms with Crippen LogP contribution >= 0.6 is 0 Å². The molecule has 0 aliphatic carbocycles. The first-order chi connectivity index (χ1) is 12.4. The van der Waals surface area contributed by atoms with Crippen LogP contribution in [-0.2, 0) is 12.6 Å². The third-order valence-electron chi connectivity index (χ3n) is 4.40. The SMILES string of the molecule is N#CC[C@@H]1c2ccccc2CCN1C(=O)Nc1cccc(C(F)(F)F)c1. The summed E-state index contributed by atoms with van der Waals surface area (Å²) in [5, 5.41) is 11.6. The first kappa shape index (κ1) is 17.8. The molecule has 0 bridgehead atoms. The van der Waals surface area contributed by atoms with Gasteiger partial charge in [0.1, 0.15) is 0 Å². The molecule has 3 rings (SSSR count). The van der Waals surface area contributed by atoms with Crippen LogP contribution in [0.25, 0.3) is 0 Å².